The zero-order valence-electron chi connectivity index (χ0n) is 15.6. The molecule has 2 atom stereocenters. The van der Waals surface area contributed by atoms with Crippen LogP contribution < -0.4 is 5.14 Å². The molecule has 2 unspecified atom stereocenters. The van der Waals surface area contributed by atoms with Crippen molar-refractivity contribution in [3.63, 3.8) is 0 Å². The summed E-state index contributed by atoms with van der Waals surface area (Å²) in [6.45, 7) is 6.77. The number of primary sulfonamides is 1. The first kappa shape index (κ1) is 20.7. The number of hydrogen-bond acceptors (Lipinski definition) is 6. The number of sulfonamides is 2. The molecule has 2 N–H and O–H groups in total. The van der Waals surface area contributed by atoms with Gasteiger partial charge in [-0.2, -0.15) is 4.31 Å². The summed E-state index contributed by atoms with van der Waals surface area (Å²) in [5.74, 6) is 0. The topological polar surface area (TPSA) is 110 Å². The Labute approximate surface area is 161 Å². The number of rotatable bonds is 4. The lowest BCUT2D eigenvalue weighted by molar-refractivity contribution is -0.0847. The van der Waals surface area contributed by atoms with E-state index in [1.165, 1.54) is 28.6 Å². The lowest BCUT2D eigenvalue weighted by Crippen LogP contribution is -2.53. The van der Waals surface area contributed by atoms with Crippen LogP contribution in [0.3, 0.4) is 0 Å². The lowest BCUT2D eigenvalue weighted by Gasteiger charge is -2.43. The molecule has 0 aromatic heterocycles. The van der Waals surface area contributed by atoms with E-state index >= 15 is 0 Å². The summed E-state index contributed by atoms with van der Waals surface area (Å²) >= 11 is 0. The van der Waals surface area contributed by atoms with Crippen molar-refractivity contribution >= 4 is 20.0 Å². The van der Waals surface area contributed by atoms with Crippen LogP contribution in [0.2, 0.25) is 0 Å². The predicted octanol–water partition coefficient (Wildman–Crippen LogP) is 0.596. The second-order valence-corrected chi connectivity index (χ2v) is 10.9. The van der Waals surface area contributed by atoms with Crippen molar-refractivity contribution < 1.29 is 21.6 Å². The van der Waals surface area contributed by atoms with Crippen LogP contribution in [0, 0.1) is 0 Å². The third kappa shape index (κ3) is 4.69. The number of nitrogens with zero attached hydrogens (tertiary/aromatic N) is 2. The van der Waals surface area contributed by atoms with Crippen LogP contribution in [0.5, 0.6) is 0 Å². The highest BCUT2D eigenvalue weighted by atomic mass is 32.2. The van der Waals surface area contributed by atoms with Crippen molar-refractivity contribution in [3.8, 4) is 0 Å². The van der Waals surface area contributed by atoms with E-state index in [1.807, 2.05) is 0 Å². The van der Waals surface area contributed by atoms with Gasteiger partial charge in [0.25, 0.3) is 0 Å². The molecule has 0 amide bonds. The van der Waals surface area contributed by atoms with Crippen LogP contribution in [0.15, 0.2) is 34.1 Å². The van der Waals surface area contributed by atoms with Crippen molar-refractivity contribution in [2.45, 2.75) is 54.7 Å². The van der Waals surface area contributed by atoms with Crippen LogP contribution >= 0.6 is 0 Å². The predicted molar refractivity (Wildman–Crippen MR) is 101 cm³/mol. The van der Waals surface area contributed by atoms with Crippen LogP contribution in [-0.2, 0) is 24.8 Å². The van der Waals surface area contributed by atoms with Gasteiger partial charge >= 0.3 is 0 Å². The Morgan fingerprint density at radius 3 is 1.89 bits per heavy atom. The smallest absolute Gasteiger partial charge is 0.243 e. The molecule has 2 aliphatic heterocycles. The van der Waals surface area contributed by atoms with Gasteiger partial charge in [-0.15, -0.1) is 0 Å². The number of nitrogens with two attached hydrogens (primary N) is 1. The zero-order chi connectivity index (χ0) is 19.8. The Kier molecular flexibility index (Phi) is 5.95. The van der Waals surface area contributed by atoms with Gasteiger partial charge in [-0.25, -0.2) is 22.0 Å². The fraction of sp³-hybridized carbons (Fsp3) is 0.647. The molecule has 27 heavy (non-hydrogen) atoms. The summed E-state index contributed by atoms with van der Waals surface area (Å²) in [6.07, 6.45) is 1.92. The fourth-order valence-corrected chi connectivity index (χ4v) is 5.90. The fourth-order valence-electron chi connectivity index (χ4n) is 3.91. The standard InChI is InChI=1S/C17H27N3O5S2/c1-13-11-19(12-14(2)25-13)15-7-9-20(10-8-15)27(23,24)17-5-3-16(4-6-17)26(18,21)22/h3-6,13-15H,7-12H2,1-2H3,(H2,18,21,22). The molecular formula is C17H27N3O5S2. The van der Waals surface area contributed by atoms with E-state index < -0.39 is 20.0 Å². The lowest BCUT2D eigenvalue weighted by atomic mass is 10.0. The maximum absolute atomic E-state index is 12.8. The van der Waals surface area contributed by atoms with Gasteiger partial charge in [-0.05, 0) is 51.0 Å². The first-order valence-corrected chi connectivity index (χ1v) is 12.1. The van der Waals surface area contributed by atoms with Gasteiger partial charge in [0.15, 0.2) is 0 Å². The second kappa shape index (κ2) is 7.76. The van der Waals surface area contributed by atoms with Crippen LogP contribution in [-0.4, -0.2) is 70.5 Å². The molecule has 2 fully saturated rings. The summed E-state index contributed by atoms with van der Waals surface area (Å²) in [6, 6.07) is 5.41. The Morgan fingerprint density at radius 2 is 1.41 bits per heavy atom. The first-order valence-electron chi connectivity index (χ1n) is 9.10. The number of piperidine rings is 1. The van der Waals surface area contributed by atoms with Gasteiger partial charge in [0, 0.05) is 32.2 Å². The molecule has 0 saturated carbocycles. The van der Waals surface area contributed by atoms with E-state index in [0.29, 0.717) is 19.1 Å². The van der Waals surface area contributed by atoms with E-state index in [0.717, 1.165) is 25.9 Å². The highest BCUT2D eigenvalue weighted by Gasteiger charge is 2.34. The van der Waals surface area contributed by atoms with E-state index in [9.17, 15) is 16.8 Å². The Morgan fingerprint density at radius 1 is 0.926 bits per heavy atom. The van der Waals surface area contributed by atoms with Gasteiger partial charge in [0.1, 0.15) is 0 Å². The number of hydrogen-bond donors (Lipinski definition) is 1. The maximum atomic E-state index is 12.8. The highest BCUT2D eigenvalue weighted by Crippen LogP contribution is 2.25. The van der Waals surface area contributed by atoms with Crippen LogP contribution in [0.25, 0.3) is 0 Å². The van der Waals surface area contributed by atoms with Crippen LogP contribution in [0.4, 0.5) is 0 Å². The Bertz CT molecular complexity index is 852. The van der Waals surface area contributed by atoms with Gasteiger partial charge in [0.2, 0.25) is 20.0 Å². The molecule has 10 heteroatoms. The SMILES string of the molecule is CC1CN(C2CCN(S(=O)(=O)c3ccc(S(N)(=O)=O)cc3)CC2)CC(C)O1. The minimum atomic E-state index is -3.84. The molecule has 2 aliphatic rings. The summed E-state index contributed by atoms with van der Waals surface area (Å²) < 4.78 is 55.6. The number of ether oxygens (including phenoxy) is 1. The summed E-state index contributed by atoms with van der Waals surface area (Å²) in [5.41, 5.74) is 0. The summed E-state index contributed by atoms with van der Waals surface area (Å²) in [7, 11) is -7.49. The minimum Gasteiger partial charge on any atom is -0.373 e. The third-order valence-corrected chi connectivity index (χ3v) is 8.02. The Hall–Kier alpha value is -1.04. The van der Waals surface area contributed by atoms with Gasteiger partial charge in [-0.3, -0.25) is 4.90 Å². The van der Waals surface area contributed by atoms with E-state index in [2.05, 4.69) is 18.7 Å². The molecule has 8 nitrogen and oxygen atoms in total. The Balaban J connectivity index is 1.66. The molecule has 2 saturated heterocycles. The van der Waals surface area contributed by atoms with Gasteiger partial charge in [-0.1, -0.05) is 0 Å². The minimum absolute atomic E-state index is 0.0852. The number of benzene rings is 1. The quantitative estimate of drug-likeness (QED) is 0.768. The molecule has 1 aromatic rings. The number of morpholine rings is 1. The molecule has 0 aliphatic carbocycles. The van der Waals surface area contributed by atoms with E-state index in [4.69, 9.17) is 9.88 Å². The summed E-state index contributed by atoms with van der Waals surface area (Å²) in [4.78, 5) is 2.39. The van der Waals surface area contributed by atoms with E-state index in [1.54, 1.807) is 0 Å². The molecule has 1 aromatic carbocycles. The van der Waals surface area contributed by atoms with Gasteiger partial charge < -0.3 is 4.74 Å². The third-order valence-electron chi connectivity index (χ3n) is 5.18. The largest absolute Gasteiger partial charge is 0.373 e. The molecule has 0 bridgehead atoms. The van der Waals surface area contributed by atoms with Crippen molar-refractivity contribution in [2.24, 2.45) is 5.14 Å². The first-order chi connectivity index (χ1) is 12.6. The monoisotopic (exact) mass is 417 g/mol. The van der Waals surface area contributed by atoms with Crippen LogP contribution in [0.1, 0.15) is 26.7 Å². The molecule has 0 radical (unpaired) electrons. The van der Waals surface area contributed by atoms with Crippen molar-refractivity contribution in [1.29, 1.82) is 0 Å². The molecule has 152 valence electrons. The maximum Gasteiger partial charge on any atom is 0.243 e. The highest BCUT2D eigenvalue weighted by molar-refractivity contribution is 7.89. The average Bonchev–Trinajstić information content (AvgIpc) is 2.60. The average molecular weight is 418 g/mol. The van der Waals surface area contributed by atoms with Crippen molar-refractivity contribution in [2.75, 3.05) is 26.2 Å². The second-order valence-electron chi connectivity index (χ2n) is 7.36. The van der Waals surface area contributed by atoms with Gasteiger partial charge in [0.05, 0.1) is 22.0 Å². The van der Waals surface area contributed by atoms with Crippen molar-refractivity contribution in [1.82, 2.24) is 9.21 Å². The molecule has 2 heterocycles. The van der Waals surface area contributed by atoms with Crippen molar-refractivity contribution in [3.05, 3.63) is 24.3 Å². The normalized spacial score (nSPS) is 26.9. The molecular weight excluding hydrogens is 390 g/mol. The zero-order valence-corrected chi connectivity index (χ0v) is 17.2. The molecule has 0 spiro atoms. The summed E-state index contributed by atoms with van der Waals surface area (Å²) in [5, 5.41) is 5.06. The molecule has 3 rings (SSSR count). The van der Waals surface area contributed by atoms with E-state index in [-0.39, 0.29) is 22.0 Å².